The van der Waals surface area contributed by atoms with Gasteiger partial charge in [0.1, 0.15) is 0 Å². The molecule has 0 amide bonds. The van der Waals surface area contributed by atoms with Crippen LogP contribution in [0.1, 0.15) is 34.1 Å². The lowest BCUT2D eigenvalue weighted by molar-refractivity contribution is -0.0482. The van der Waals surface area contributed by atoms with E-state index < -0.39 is 0 Å². The van der Waals surface area contributed by atoms with Crippen molar-refractivity contribution in [3.05, 3.63) is 0 Å². The van der Waals surface area contributed by atoms with Crippen LogP contribution < -0.4 is 5.32 Å². The van der Waals surface area contributed by atoms with Crippen molar-refractivity contribution < 1.29 is 0 Å². The predicted octanol–water partition coefficient (Wildman–Crippen LogP) is 1.71. The van der Waals surface area contributed by atoms with E-state index in [1.165, 1.54) is 19.5 Å². The molecule has 14 heavy (non-hydrogen) atoms. The molecule has 1 aliphatic heterocycles. The van der Waals surface area contributed by atoms with Gasteiger partial charge < -0.3 is 5.32 Å². The molecular formula is C12H24N2. The molecule has 2 fully saturated rings. The largest absolute Gasteiger partial charge is 0.314 e. The van der Waals surface area contributed by atoms with E-state index in [9.17, 15) is 0 Å². The van der Waals surface area contributed by atoms with E-state index in [0.717, 1.165) is 24.4 Å². The zero-order valence-corrected chi connectivity index (χ0v) is 10.0. The van der Waals surface area contributed by atoms with E-state index in [4.69, 9.17) is 0 Å². The lowest BCUT2D eigenvalue weighted by atomic mass is 9.69. The van der Waals surface area contributed by atoms with Gasteiger partial charge >= 0.3 is 0 Å². The van der Waals surface area contributed by atoms with Gasteiger partial charge in [0.2, 0.25) is 0 Å². The van der Waals surface area contributed by atoms with Gasteiger partial charge in [-0.3, -0.25) is 4.90 Å². The molecule has 2 nitrogen and oxygen atoms in total. The SMILES string of the molecule is CC1CC(N2CCNCC2(C)C)C1C. The summed E-state index contributed by atoms with van der Waals surface area (Å²) >= 11 is 0. The van der Waals surface area contributed by atoms with Crippen molar-refractivity contribution in [2.24, 2.45) is 11.8 Å². The van der Waals surface area contributed by atoms with Gasteiger partial charge in [0, 0.05) is 31.2 Å². The van der Waals surface area contributed by atoms with Crippen LogP contribution in [0.2, 0.25) is 0 Å². The lowest BCUT2D eigenvalue weighted by Crippen LogP contribution is -2.65. The highest BCUT2D eigenvalue weighted by Crippen LogP contribution is 2.40. The van der Waals surface area contributed by atoms with Crippen molar-refractivity contribution in [1.29, 1.82) is 0 Å². The Bertz CT molecular complexity index is 212. The van der Waals surface area contributed by atoms with Gasteiger partial charge in [-0.25, -0.2) is 0 Å². The molecule has 0 spiro atoms. The minimum absolute atomic E-state index is 0.358. The normalized spacial score (nSPS) is 43.3. The number of piperazine rings is 1. The molecule has 0 aromatic heterocycles. The van der Waals surface area contributed by atoms with Crippen molar-refractivity contribution in [3.63, 3.8) is 0 Å². The van der Waals surface area contributed by atoms with Crippen molar-refractivity contribution in [1.82, 2.24) is 10.2 Å². The average Bonchev–Trinajstić information content (AvgIpc) is 2.14. The second-order valence-electron chi connectivity index (χ2n) is 5.82. The third-order valence-corrected chi connectivity index (χ3v) is 4.38. The highest BCUT2D eigenvalue weighted by molar-refractivity contribution is 4.99. The number of rotatable bonds is 1. The Hall–Kier alpha value is -0.0800. The highest BCUT2D eigenvalue weighted by Gasteiger charge is 2.44. The Morgan fingerprint density at radius 3 is 2.50 bits per heavy atom. The summed E-state index contributed by atoms with van der Waals surface area (Å²) in [4.78, 5) is 2.73. The summed E-state index contributed by atoms with van der Waals surface area (Å²) in [6.07, 6.45) is 1.41. The van der Waals surface area contributed by atoms with Gasteiger partial charge in [0.05, 0.1) is 0 Å². The Morgan fingerprint density at radius 1 is 1.29 bits per heavy atom. The maximum absolute atomic E-state index is 3.49. The van der Waals surface area contributed by atoms with Gasteiger partial charge in [0.15, 0.2) is 0 Å². The molecule has 2 aliphatic rings. The van der Waals surface area contributed by atoms with Gasteiger partial charge in [-0.05, 0) is 32.1 Å². The molecule has 2 rings (SSSR count). The number of hydrogen-bond acceptors (Lipinski definition) is 2. The van der Waals surface area contributed by atoms with Crippen LogP contribution in [0, 0.1) is 11.8 Å². The second kappa shape index (κ2) is 3.49. The standard InChI is InChI=1S/C12H24N2/c1-9-7-11(10(9)2)14-6-5-13-8-12(14,3)4/h9-11,13H,5-8H2,1-4H3. The topological polar surface area (TPSA) is 15.3 Å². The van der Waals surface area contributed by atoms with Gasteiger partial charge in [-0.2, -0.15) is 0 Å². The summed E-state index contributed by atoms with van der Waals surface area (Å²) in [5.41, 5.74) is 0.358. The fraction of sp³-hybridized carbons (Fsp3) is 1.00. The van der Waals surface area contributed by atoms with Crippen molar-refractivity contribution >= 4 is 0 Å². The molecule has 1 saturated carbocycles. The molecule has 1 saturated heterocycles. The van der Waals surface area contributed by atoms with Crippen LogP contribution in [0.3, 0.4) is 0 Å². The predicted molar refractivity (Wildman–Crippen MR) is 60.4 cm³/mol. The Kier molecular flexibility index (Phi) is 2.61. The van der Waals surface area contributed by atoms with Crippen molar-refractivity contribution in [2.75, 3.05) is 19.6 Å². The zero-order valence-electron chi connectivity index (χ0n) is 10.0. The molecule has 0 bridgehead atoms. The van der Waals surface area contributed by atoms with E-state index in [1.807, 2.05) is 0 Å². The van der Waals surface area contributed by atoms with Gasteiger partial charge in [0.25, 0.3) is 0 Å². The number of nitrogens with one attached hydrogen (secondary N) is 1. The molecule has 2 heteroatoms. The monoisotopic (exact) mass is 196 g/mol. The highest BCUT2D eigenvalue weighted by atomic mass is 15.3. The van der Waals surface area contributed by atoms with Crippen LogP contribution in [-0.4, -0.2) is 36.1 Å². The maximum Gasteiger partial charge on any atom is 0.0281 e. The molecule has 1 heterocycles. The summed E-state index contributed by atoms with van der Waals surface area (Å²) in [6.45, 7) is 13.1. The number of nitrogens with zero attached hydrogens (tertiary/aromatic N) is 1. The molecule has 0 radical (unpaired) electrons. The summed E-state index contributed by atoms with van der Waals surface area (Å²) in [5.74, 6) is 1.83. The number of hydrogen-bond donors (Lipinski definition) is 1. The quantitative estimate of drug-likeness (QED) is 0.687. The molecule has 1 N–H and O–H groups in total. The third-order valence-electron chi connectivity index (χ3n) is 4.38. The molecular weight excluding hydrogens is 172 g/mol. The lowest BCUT2D eigenvalue weighted by Gasteiger charge is -2.55. The summed E-state index contributed by atoms with van der Waals surface area (Å²) < 4.78 is 0. The van der Waals surface area contributed by atoms with E-state index in [2.05, 4.69) is 37.9 Å². The maximum atomic E-state index is 3.49. The van der Waals surface area contributed by atoms with E-state index in [1.54, 1.807) is 0 Å². The van der Waals surface area contributed by atoms with Crippen LogP contribution in [0.4, 0.5) is 0 Å². The van der Waals surface area contributed by atoms with Gasteiger partial charge in [-0.15, -0.1) is 0 Å². The molecule has 1 aliphatic carbocycles. The van der Waals surface area contributed by atoms with Crippen LogP contribution in [0.15, 0.2) is 0 Å². The van der Waals surface area contributed by atoms with Crippen LogP contribution in [0.25, 0.3) is 0 Å². The van der Waals surface area contributed by atoms with E-state index >= 15 is 0 Å². The smallest absolute Gasteiger partial charge is 0.0281 e. The second-order valence-corrected chi connectivity index (χ2v) is 5.82. The summed E-state index contributed by atoms with van der Waals surface area (Å²) in [5, 5.41) is 3.49. The van der Waals surface area contributed by atoms with E-state index in [-0.39, 0.29) is 0 Å². The fourth-order valence-electron chi connectivity index (χ4n) is 3.02. The fourth-order valence-corrected chi connectivity index (χ4v) is 3.02. The van der Waals surface area contributed by atoms with Crippen LogP contribution in [-0.2, 0) is 0 Å². The molecule has 3 unspecified atom stereocenters. The molecule has 0 aromatic carbocycles. The zero-order chi connectivity index (χ0) is 10.3. The first-order valence-corrected chi connectivity index (χ1v) is 6.00. The van der Waals surface area contributed by atoms with Crippen LogP contribution in [0.5, 0.6) is 0 Å². The minimum atomic E-state index is 0.358. The Labute approximate surface area is 88.1 Å². The van der Waals surface area contributed by atoms with Crippen molar-refractivity contribution in [2.45, 2.75) is 45.7 Å². The van der Waals surface area contributed by atoms with E-state index in [0.29, 0.717) is 5.54 Å². The Morgan fingerprint density at radius 2 is 2.00 bits per heavy atom. The van der Waals surface area contributed by atoms with Crippen molar-refractivity contribution in [3.8, 4) is 0 Å². The Balaban J connectivity index is 2.02. The first-order valence-electron chi connectivity index (χ1n) is 6.00. The summed E-state index contributed by atoms with van der Waals surface area (Å²) in [6, 6.07) is 0.849. The molecule has 3 atom stereocenters. The first-order chi connectivity index (χ1) is 6.52. The average molecular weight is 196 g/mol. The summed E-state index contributed by atoms with van der Waals surface area (Å²) in [7, 11) is 0. The van der Waals surface area contributed by atoms with Gasteiger partial charge in [-0.1, -0.05) is 13.8 Å². The molecule has 82 valence electrons. The van der Waals surface area contributed by atoms with Crippen LogP contribution >= 0.6 is 0 Å². The minimum Gasteiger partial charge on any atom is -0.314 e. The first kappa shape index (κ1) is 10.4. The molecule has 0 aromatic rings. The third kappa shape index (κ3) is 1.59.